The molecule has 0 spiro atoms. The topological polar surface area (TPSA) is 75.4 Å². The average molecular weight is 350 g/mol. The molecule has 1 saturated carbocycles. The third-order valence-corrected chi connectivity index (χ3v) is 4.79. The van der Waals surface area contributed by atoms with Crippen LogP contribution in [0.4, 0.5) is 5.82 Å². The molecule has 1 aromatic carbocycles. The normalized spacial score (nSPS) is 13.8. The van der Waals surface area contributed by atoms with Crippen molar-refractivity contribution in [3.63, 3.8) is 0 Å². The van der Waals surface area contributed by atoms with Gasteiger partial charge in [0.15, 0.2) is 0 Å². The lowest BCUT2D eigenvalue weighted by molar-refractivity contribution is 0.0951. The standard InChI is InChI=1S/C19H22N6O/c1-12-13(2)22-19-20-11-21-25(19)18(12)24(3)10-14-4-6-15(7-5-14)17(26)23-16-8-9-16/h4-7,11,16H,8-10H2,1-3H3,(H,23,26). The van der Waals surface area contributed by atoms with Gasteiger partial charge in [-0.2, -0.15) is 14.6 Å². The molecule has 0 unspecified atom stereocenters. The summed E-state index contributed by atoms with van der Waals surface area (Å²) in [6, 6.07) is 8.14. The predicted octanol–water partition coefficient (Wildman–Crippen LogP) is 2.27. The molecule has 0 atom stereocenters. The number of carbonyl (C=O) groups excluding carboxylic acids is 1. The number of rotatable bonds is 5. The second-order valence-electron chi connectivity index (χ2n) is 6.92. The fourth-order valence-corrected chi connectivity index (χ4v) is 3.07. The maximum absolute atomic E-state index is 12.1. The molecular formula is C19H22N6O. The maximum Gasteiger partial charge on any atom is 0.254 e. The lowest BCUT2D eigenvalue weighted by Gasteiger charge is -2.22. The number of hydrogen-bond acceptors (Lipinski definition) is 5. The van der Waals surface area contributed by atoms with Gasteiger partial charge in [0.25, 0.3) is 11.7 Å². The highest BCUT2D eigenvalue weighted by Gasteiger charge is 2.23. The van der Waals surface area contributed by atoms with E-state index in [0.717, 1.165) is 35.5 Å². The first-order chi connectivity index (χ1) is 12.5. The SMILES string of the molecule is Cc1nc2ncnn2c(N(C)Cc2ccc(C(=O)NC3CC3)cc2)c1C. The van der Waals surface area contributed by atoms with Gasteiger partial charge in [0.05, 0.1) is 0 Å². The Bertz CT molecular complexity index is 958. The average Bonchev–Trinajstić information content (AvgIpc) is 3.32. The molecule has 1 N–H and O–H groups in total. The van der Waals surface area contributed by atoms with Crippen LogP contribution in [0.15, 0.2) is 30.6 Å². The first-order valence-electron chi connectivity index (χ1n) is 8.81. The number of amides is 1. The second kappa shape index (κ2) is 6.40. The Morgan fingerprint density at radius 2 is 2.00 bits per heavy atom. The zero-order valence-corrected chi connectivity index (χ0v) is 15.2. The van der Waals surface area contributed by atoms with Crippen LogP contribution in [0.25, 0.3) is 5.78 Å². The molecule has 2 heterocycles. The number of aromatic nitrogens is 4. The predicted molar refractivity (Wildman–Crippen MR) is 99.3 cm³/mol. The fourth-order valence-electron chi connectivity index (χ4n) is 3.07. The van der Waals surface area contributed by atoms with Gasteiger partial charge in [-0.15, -0.1) is 0 Å². The van der Waals surface area contributed by atoms with Crippen LogP contribution < -0.4 is 10.2 Å². The maximum atomic E-state index is 12.1. The van der Waals surface area contributed by atoms with Gasteiger partial charge >= 0.3 is 0 Å². The van der Waals surface area contributed by atoms with Crippen molar-refractivity contribution in [3.05, 3.63) is 53.0 Å². The largest absolute Gasteiger partial charge is 0.355 e. The molecule has 0 saturated heterocycles. The number of fused-ring (bicyclic) bond motifs is 1. The molecule has 0 bridgehead atoms. The molecule has 2 aromatic heterocycles. The first-order valence-corrected chi connectivity index (χ1v) is 8.81. The number of benzene rings is 1. The molecule has 1 fully saturated rings. The summed E-state index contributed by atoms with van der Waals surface area (Å²) in [6.45, 7) is 4.72. The van der Waals surface area contributed by atoms with Gasteiger partial charge in [-0.25, -0.2) is 4.98 Å². The van der Waals surface area contributed by atoms with Gasteiger partial charge in [0.2, 0.25) is 0 Å². The smallest absolute Gasteiger partial charge is 0.254 e. The summed E-state index contributed by atoms with van der Waals surface area (Å²) in [4.78, 5) is 22.9. The van der Waals surface area contributed by atoms with E-state index in [9.17, 15) is 4.79 Å². The van der Waals surface area contributed by atoms with E-state index in [1.807, 2.05) is 45.2 Å². The molecule has 1 aliphatic carbocycles. The number of nitrogens with one attached hydrogen (secondary N) is 1. The number of carbonyl (C=O) groups is 1. The van der Waals surface area contributed by atoms with Gasteiger partial charge < -0.3 is 10.2 Å². The minimum absolute atomic E-state index is 0.0114. The van der Waals surface area contributed by atoms with Gasteiger partial charge in [-0.05, 0) is 44.4 Å². The summed E-state index contributed by atoms with van der Waals surface area (Å²) in [6.07, 6.45) is 3.71. The number of anilines is 1. The van der Waals surface area contributed by atoms with E-state index in [1.54, 1.807) is 4.52 Å². The van der Waals surface area contributed by atoms with E-state index in [4.69, 9.17) is 0 Å². The Balaban J connectivity index is 1.55. The Morgan fingerprint density at radius 3 is 2.69 bits per heavy atom. The molecule has 4 rings (SSSR count). The van der Waals surface area contributed by atoms with Crippen LogP contribution in [0.5, 0.6) is 0 Å². The highest BCUT2D eigenvalue weighted by atomic mass is 16.1. The summed E-state index contributed by atoms with van der Waals surface area (Å²) in [7, 11) is 2.02. The molecule has 134 valence electrons. The molecule has 7 heteroatoms. The van der Waals surface area contributed by atoms with E-state index in [2.05, 4.69) is 25.3 Å². The van der Waals surface area contributed by atoms with Crippen molar-refractivity contribution in [3.8, 4) is 0 Å². The van der Waals surface area contributed by atoms with Crippen molar-refractivity contribution in [2.24, 2.45) is 0 Å². The molecule has 0 radical (unpaired) electrons. The van der Waals surface area contributed by atoms with E-state index in [0.29, 0.717) is 23.9 Å². The Kier molecular flexibility index (Phi) is 4.06. The Labute approximate surface area is 152 Å². The molecular weight excluding hydrogens is 328 g/mol. The van der Waals surface area contributed by atoms with Crippen molar-refractivity contribution in [1.29, 1.82) is 0 Å². The van der Waals surface area contributed by atoms with Crippen LogP contribution in [-0.2, 0) is 6.54 Å². The van der Waals surface area contributed by atoms with Crippen LogP contribution in [0.2, 0.25) is 0 Å². The quantitative estimate of drug-likeness (QED) is 0.764. The minimum Gasteiger partial charge on any atom is -0.355 e. The summed E-state index contributed by atoms with van der Waals surface area (Å²) >= 11 is 0. The van der Waals surface area contributed by atoms with Crippen molar-refractivity contribution >= 4 is 17.5 Å². The molecule has 0 aliphatic heterocycles. The highest BCUT2D eigenvalue weighted by Crippen LogP contribution is 2.23. The number of aryl methyl sites for hydroxylation is 1. The molecule has 3 aromatic rings. The minimum atomic E-state index is 0.0114. The van der Waals surface area contributed by atoms with E-state index >= 15 is 0 Å². The van der Waals surface area contributed by atoms with Crippen LogP contribution >= 0.6 is 0 Å². The second-order valence-corrected chi connectivity index (χ2v) is 6.92. The summed E-state index contributed by atoms with van der Waals surface area (Å²) < 4.78 is 1.76. The van der Waals surface area contributed by atoms with E-state index in [-0.39, 0.29) is 5.91 Å². The van der Waals surface area contributed by atoms with E-state index < -0.39 is 0 Å². The molecule has 1 aliphatic rings. The lowest BCUT2D eigenvalue weighted by Crippen LogP contribution is -2.25. The highest BCUT2D eigenvalue weighted by molar-refractivity contribution is 5.94. The van der Waals surface area contributed by atoms with Gasteiger partial charge in [0, 0.05) is 36.5 Å². The first kappa shape index (κ1) is 16.5. The summed E-state index contributed by atoms with van der Waals surface area (Å²) in [5.41, 5.74) is 3.85. The zero-order chi connectivity index (χ0) is 18.3. The Hall–Kier alpha value is -2.96. The van der Waals surface area contributed by atoms with Crippen LogP contribution in [0.3, 0.4) is 0 Å². The zero-order valence-electron chi connectivity index (χ0n) is 15.2. The molecule has 7 nitrogen and oxygen atoms in total. The van der Waals surface area contributed by atoms with Gasteiger partial charge in [-0.3, -0.25) is 4.79 Å². The summed E-state index contributed by atoms with van der Waals surface area (Å²) in [5, 5.41) is 7.31. The van der Waals surface area contributed by atoms with Gasteiger partial charge in [-0.1, -0.05) is 12.1 Å². The van der Waals surface area contributed by atoms with Crippen LogP contribution in [-0.4, -0.2) is 38.6 Å². The molecule has 1 amide bonds. The lowest BCUT2D eigenvalue weighted by atomic mass is 10.1. The Morgan fingerprint density at radius 1 is 1.27 bits per heavy atom. The van der Waals surface area contributed by atoms with Crippen LogP contribution in [0.1, 0.15) is 40.0 Å². The van der Waals surface area contributed by atoms with Gasteiger partial charge in [0.1, 0.15) is 12.1 Å². The van der Waals surface area contributed by atoms with Crippen molar-refractivity contribution in [2.45, 2.75) is 39.3 Å². The monoisotopic (exact) mass is 350 g/mol. The van der Waals surface area contributed by atoms with E-state index in [1.165, 1.54) is 6.33 Å². The number of nitrogens with zero attached hydrogens (tertiary/aromatic N) is 5. The van der Waals surface area contributed by atoms with Crippen molar-refractivity contribution < 1.29 is 4.79 Å². The summed E-state index contributed by atoms with van der Waals surface area (Å²) in [5.74, 6) is 1.58. The van der Waals surface area contributed by atoms with Crippen molar-refractivity contribution in [1.82, 2.24) is 24.9 Å². The fraction of sp³-hybridized carbons (Fsp3) is 0.368. The molecule has 26 heavy (non-hydrogen) atoms. The number of hydrogen-bond donors (Lipinski definition) is 1. The van der Waals surface area contributed by atoms with Crippen molar-refractivity contribution in [2.75, 3.05) is 11.9 Å². The third kappa shape index (κ3) is 3.12. The third-order valence-electron chi connectivity index (χ3n) is 4.79. The van der Waals surface area contributed by atoms with Crippen LogP contribution in [0, 0.1) is 13.8 Å².